The summed E-state index contributed by atoms with van der Waals surface area (Å²) in [5.74, 6) is 1.53. The highest BCUT2D eigenvalue weighted by atomic mass is 16.4. The number of piperidine rings is 1. The number of nitrogens with zero attached hydrogens (tertiary/aromatic N) is 5. The molecule has 0 aliphatic carbocycles. The molecule has 1 unspecified atom stereocenters. The van der Waals surface area contributed by atoms with Crippen LogP contribution in [0.15, 0.2) is 35.1 Å². The first kappa shape index (κ1) is 19.4. The van der Waals surface area contributed by atoms with Crippen LogP contribution in [0.1, 0.15) is 38.4 Å². The minimum Gasteiger partial charge on any atom is -0.422 e. The molecule has 1 aliphatic heterocycles. The van der Waals surface area contributed by atoms with Crippen molar-refractivity contribution in [2.75, 3.05) is 24.5 Å². The van der Waals surface area contributed by atoms with Gasteiger partial charge in [0.2, 0.25) is 11.6 Å². The van der Waals surface area contributed by atoms with E-state index in [1.807, 2.05) is 24.5 Å². The molecule has 0 spiro atoms. The van der Waals surface area contributed by atoms with Crippen LogP contribution in [0, 0.1) is 5.92 Å². The lowest BCUT2D eigenvalue weighted by Gasteiger charge is -2.31. The Labute approximate surface area is 170 Å². The maximum atomic E-state index is 12.4. The summed E-state index contributed by atoms with van der Waals surface area (Å²) in [6.45, 7) is 5.36. The zero-order chi connectivity index (χ0) is 20.1. The van der Waals surface area contributed by atoms with Crippen molar-refractivity contribution in [3.05, 3.63) is 36.5 Å². The summed E-state index contributed by atoms with van der Waals surface area (Å²) in [5, 5.41) is 3.07. The molecule has 0 aromatic carbocycles. The lowest BCUT2D eigenvalue weighted by molar-refractivity contribution is -0.122. The molecule has 4 heterocycles. The van der Waals surface area contributed by atoms with Crippen LogP contribution in [-0.4, -0.2) is 45.1 Å². The van der Waals surface area contributed by atoms with E-state index in [1.165, 1.54) is 0 Å². The van der Waals surface area contributed by atoms with Gasteiger partial charge in [-0.1, -0.05) is 6.92 Å². The van der Waals surface area contributed by atoms with Crippen molar-refractivity contribution in [2.45, 2.75) is 45.6 Å². The second-order valence-electron chi connectivity index (χ2n) is 7.57. The third kappa shape index (κ3) is 4.75. The van der Waals surface area contributed by atoms with E-state index in [-0.39, 0.29) is 5.91 Å². The van der Waals surface area contributed by atoms with Crippen molar-refractivity contribution < 1.29 is 9.21 Å². The molecular formula is C21H28N6O2. The van der Waals surface area contributed by atoms with Crippen molar-refractivity contribution in [1.29, 1.82) is 0 Å². The second kappa shape index (κ2) is 9.07. The average molecular weight is 396 g/mol. The van der Waals surface area contributed by atoms with Gasteiger partial charge in [-0.2, -0.15) is 4.98 Å². The number of aromatic nitrogens is 4. The number of carbonyl (C=O) groups is 1. The summed E-state index contributed by atoms with van der Waals surface area (Å²) in [4.78, 5) is 27.6. The number of anilines is 1. The van der Waals surface area contributed by atoms with E-state index < -0.39 is 0 Å². The largest absolute Gasteiger partial charge is 0.422 e. The van der Waals surface area contributed by atoms with Gasteiger partial charge in [0.15, 0.2) is 5.58 Å². The van der Waals surface area contributed by atoms with Crippen molar-refractivity contribution in [3.8, 4) is 0 Å². The van der Waals surface area contributed by atoms with Crippen LogP contribution in [0.5, 0.6) is 0 Å². The Morgan fingerprint density at radius 1 is 1.34 bits per heavy atom. The van der Waals surface area contributed by atoms with Crippen molar-refractivity contribution in [2.24, 2.45) is 5.92 Å². The zero-order valence-electron chi connectivity index (χ0n) is 16.9. The Morgan fingerprint density at radius 2 is 2.28 bits per heavy atom. The van der Waals surface area contributed by atoms with E-state index in [2.05, 4.69) is 36.7 Å². The summed E-state index contributed by atoms with van der Waals surface area (Å²) in [6, 6.07) is 4.33. The van der Waals surface area contributed by atoms with Crippen LogP contribution >= 0.6 is 0 Å². The van der Waals surface area contributed by atoms with Crippen LogP contribution < -0.4 is 10.2 Å². The molecule has 1 fully saturated rings. The molecule has 3 aromatic rings. The third-order valence-corrected chi connectivity index (χ3v) is 5.43. The molecule has 1 saturated heterocycles. The first-order chi connectivity index (χ1) is 14.2. The van der Waals surface area contributed by atoms with Gasteiger partial charge >= 0.3 is 0 Å². The van der Waals surface area contributed by atoms with Gasteiger partial charge < -0.3 is 19.2 Å². The fourth-order valence-electron chi connectivity index (χ4n) is 3.97. The summed E-state index contributed by atoms with van der Waals surface area (Å²) in [7, 11) is 0. The van der Waals surface area contributed by atoms with Crippen LogP contribution in [0.2, 0.25) is 0 Å². The Kier molecular flexibility index (Phi) is 6.07. The van der Waals surface area contributed by atoms with Crippen LogP contribution in [0.25, 0.3) is 11.2 Å². The van der Waals surface area contributed by atoms with Gasteiger partial charge in [-0.05, 0) is 37.3 Å². The predicted molar refractivity (Wildman–Crippen MR) is 111 cm³/mol. The third-order valence-electron chi connectivity index (χ3n) is 5.43. The fraction of sp³-hybridized carbons (Fsp3) is 0.524. The lowest BCUT2D eigenvalue weighted by Crippen LogP contribution is -2.38. The molecular weight excluding hydrogens is 368 g/mol. The Bertz CT molecular complexity index is 916. The average Bonchev–Trinajstić information content (AvgIpc) is 3.38. The molecule has 4 rings (SSSR count). The number of hydrogen-bond donors (Lipinski definition) is 1. The smallest absolute Gasteiger partial charge is 0.299 e. The van der Waals surface area contributed by atoms with E-state index >= 15 is 0 Å². The molecule has 0 radical (unpaired) electrons. The molecule has 1 aliphatic rings. The molecule has 1 N–H and O–H groups in total. The number of oxazole rings is 1. The van der Waals surface area contributed by atoms with E-state index in [9.17, 15) is 4.79 Å². The minimum absolute atomic E-state index is 0.123. The Morgan fingerprint density at radius 3 is 3.14 bits per heavy atom. The van der Waals surface area contributed by atoms with Crippen molar-refractivity contribution in [1.82, 2.24) is 24.8 Å². The first-order valence-corrected chi connectivity index (χ1v) is 10.5. The number of nitrogens with one attached hydrogen (secondary N) is 1. The SMILES string of the molecule is CCc1nccn1CCCNC(=O)CC1CCCN(c2nc3ncccc3o2)C1. The molecule has 8 heteroatoms. The minimum atomic E-state index is 0.123. The number of imidazole rings is 1. The molecule has 1 amide bonds. The van der Waals surface area contributed by atoms with E-state index in [4.69, 9.17) is 4.42 Å². The summed E-state index contributed by atoms with van der Waals surface area (Å²) in [6.07, 6.45) is 10.0. The summed E-state index contributed by atoms with van der Waals surface area (Å²) < 4.78 is 7.99. The van der Waals surface area contributed by atoms with Gasteiger partial charge in [0.25, 0.3) is 6.01 Å². The number of pyridine rings is 1. The molecule has 154 valence electrons. The normalized spacial score (nSPS) is 17.0. The lowest BCUT2D eigenvalue weighted by atomic mass is 9.94. The zero-order valence-corrected chi connectivity index (χ0v) is 16.9. The van der Waals surface area contributed by atoms with Gasteiger partial charge in [0.1, 0.15) is 5.82 Å². The molecule has 3 aromatic heterocycles. The van der Waals surface area contributed by atoms with Crippen LogP contribution in [0.3, 0.4) is 0 Å². The Hall–Kier alpha value is -2.90. The highest BCUT2D eigenvalue weighted by Gasteiger charge is 2.25. The highest BCUT2D eigenvalue weighted by Crippen LogP contribution is 2.26. The predicted octanol–water partition coefficient (Wildman–Crippen LogP) is 2.79. The van der Waals surface area contributed by atoms with Gasteiger partial charge in [-0.25, -0.2) is 9.97 Å². The summed E-state index contributed by atoms with van der Waals surface area (Å²) in [5.41, 5.74) is 1.33. The molecule has 0 saturated carbocycles. The van der Waals surface area contributed by atoms with Crippen molar-refractivity contribution >= 4 is 23.2 Å². The molecule has 1 atom stereocenters. The van der Waals surface area contributed by atoms with Crippen LogP contribution in [0.4, 0.5) is 6.01 Å². The van der Waals surface area contributed by atoms with Gasteiger partial charge in [0.05, 0.1) is 0 Å². The maximum Gasteiger partial charge on any atom is 0.299 e. The maximum absolute atomic E-state index is 12.4. The number of amides is 1. The quantitative estimate of drug-likeness (QED) is 0.589. The van der Waals surface area contributed by atoms with E-state index in [0.717, 1.165) is 51.1 Å². The monoisotopic (exact) mass is 396 g/mol. The number of hydrogen-bond acceptors (Lipinski definition) is 6. The van der Waals surface area contributed by atoms with E-state index in [1.54, 1.807) is 6.20 Å². The standard InChI is InChI=1S/C21H28N6O2/c1-2-18-22-10-13-26(18)12-5-9-23-19(28)14-16-6-4-11-27(15-16)21-25-20-17(29-21)7-3-8-24-20/h3,7-8,10,13,16H,2,4-6,9,11-12,14-15H2,1H3,(H,23,28). The van der Waals surface area contributed by atoms with E-state index in [0.29, 0.717) is 36.1 Å². The topological polar surface area (TPSA) is 89.1 Å². The number of rotatable bonds is 8. The number of fused-ring (bicyclic) bond motifs is 1. The fourth-order valence-corrected chi connectivity index (χ4v) is 3.97. The molecule has 29 heavy (non-hydrogen) atoms. The second-order valence-corrected chi connectivity index (χ2v) is 7.57. The molecule has 8 nitrogen and oxygen atoms in total. The Balaban J connectivity index is 1.23. The van der Waals surface area contributed by atoms with Crippen molar-refractivity contribution in [3.63, 3.8) is 0 Å². The number of aryl methyl sites for hydroxylation is 2. The highest BCUT2D eigenvalue weighted by molar-refractivity contribution is 5.76. The number of carbonyl (C=O) groups excluding carboxylic acids is 1. The first-order valence-electron chi connectivity index (χ1n) is 10.5. The van der Waals surface area contributed by atoms with Gasteiger partial charge in [-0.3, -0.25) is 4.79 Å². The molecule has 0 bridgehead atoms. The van der Waals surface area contributed by atoms with Gasteiger partial charge in [-0.15, -0.1) is 0 Å². The van der Waals surface area contributed by atoms with Gasteiger partial charge in [0, 0.05) is 57.6 Å². The van der Waals surface area contributed by atoms with Crippen LogP contribution in [-0.2, 0) is 17.8 Å². The summed E-state index contributed by atoms with van der Waals surface area (Å²) >= 11 is 0.